The first-order valence-electron chi connectivity index (χ1n) is 26.1. The molecule has 0 rings (SSSR count). The molecular formula is C51H109O3PS. The van der Waals surface area contributed by atoms with E-state index in [-0.39, 0.29) is 0 Å². The van der Waals surface area contributed by atoms with Gasteiger partial charge in [-0.25, -0.2) is 0 Å². The molecule has 0 radical (unpaired) electrons. The molecular weight excluding hydrogens is 724 g/mol. The fourth-order valence-corrected chi connectivity index (χ4v) is 16.0. The molecule has 1 N–H and O–H groups in total. The van der Waals surface area contributed by atoms with E-state index < -0.39 is 22.1 Å². The van der Waals surface area contributed by atoms with Crippen LogP contribution < -0.4 is 0 Å². The summed E-state index contributed by atoms with van der Waals surface area (Å²) in [7, 11) is -5.03. The predicted molar refractivity (Wildman–Crippen MR) is 262 cm³/mol. The van der Waals surface area contributed by atoms with Gasteiger partial charge in [-0.15, -0.1) is 0 Å². The van der Waals surface area contributed by atoms with Gasteiger partial charge in [-0.05, 0) is 19.3 Å². The van der Waals surface area contributed by atoms with Gasteiger partial charge in [0.05, 0.1) is 4.75 Å². The standard InChI is InChI=1S/C32H69P.C19H40O3S/c1-5-9-13-17-18-19-20-21-22-23-24-28-32-33(29-25-14-10-6-2,30-26-15-11-7-3)31-27-16-12-8-4;1-4-7-10-13-16-19(23(20,21)22,17-14-11-8-5-2)18-15-12-9-6-3/h33H,5-32H2,1-4H3;4-18H2,1-3H3,(H,20,21,22). The summed E-state index contributed by atoms with van der Waals surface area (Å²) >= 11 is 0. The SMILES string of the molecule is CCCCCCC(CCCCCC)(CCCCCC)S(=O)(=O)O.CCCCCCCCCCCCCC[PH](CCCCCC)(CCCCCC)CCCCCC. The minimum atomic E-state index is -3.99. The van der Waals surface area contributed by atoms with Gasteiger partial charge in [-0.3, -0.25) is 4.55 Å². The Morgan fingerprint density at radius 3 is 0.696 bits per heavy atom. The fourth-order valence-electron chi connectivity index (χ4n) is 9.26. The van der Waals surface area contributed by atoms with Crippen LogP contribution in [0.1, 0.15) is 299 Å². The number of unbranched alkanes of at least 4 members (excludes halogenated alkanes) is 29. The minimum absolute atomic E-state index is 0.629. The Morgan fingerprint density at radius 1 is 0.304 bits per heavy atom. The molecule has 0 aromatic heterocycles. The van der Waals surface area contributed by atoms with Gasteiger partial charge in [0.15, 0.2) is 0 Å². The third kappa shape index (κ3) is 35.1. The summed E-state index contributed by atoms with van der Waals surface area (Å²) in [5, 5.41) is 0. The summed E-state index contributed by atoms with van der Waals surface area (Å²) in [4.78, 5) is 0. The second-order valence-corrected chi connectivity index (χ2v) is 25.5. The average Bonchev–Trinajstić information content (AvgIpc) is 3.18. The molecule has 0 aliphatic rings. The number of hydrogen-bond acceptors (Lipinski definition) is 2. The summed E-state index contributed by atoms with van der Waals surface area (Å²) in [6.45, 7) is 15.9. The van der Waals surface area contributed by atoms with Gasteiger partial charge >= 0.3 is 200 Å². The van der Waals surface area contributed by atoms with E-state index in [4.69, 9.17) is 0 Å². The molecule has 0 bridgehead atoms. The van der Waals surface area contributed by atoms with Crippen LogP contribution in [0.3, 0.4) is 0 Å². The van der Waals surface area contributed by atoms with Gasteiger partial charge in [0.25, 0.3) is 10.1 Å². The predicted octanol–water partition coefficient (Wildman–Crippen LogP) is 18.7. The zero-order valence-electron chi connectivity index (χ0n) is 40.1. The molecule has 0 aliphatic carbocycles. The quantitative estimate of drug-likeness (QED) is 0.0378. The number of hydrogen-bond donors (Lipinski definition) is 1. The first-order chi connectivity index (χ1) is 27.2. The van der Waals surface area contributed by atoms with Gasteiger partial charge < -0.3 is 0 Å². The van der Waals surface area contributed by atoms with Crippen molar-refractivity contribution in [3.8, 4) is 0 Å². The molecule has 342 valence electrons. The molecule has 0 atom stereocenters. The van der Waals surface area contributed by atoms with E-state index in [1.54, 1.807) is 50.3 Å². The van der Waals surface area contributed by atoms with E-state index in [1.807, 2.05) is 0 Å². The monoisotopic (exact) mass is 833 g/mol. The molecule has 0 aromatic rings. The molecule has 0 saturated heterocycles. The van der Waals surface area contributed by atoms with Crippen LogP contribution in [-0.2, 0) is 10.1 Å². The fraction of sp³-hybridized carbons (Fsp3) is 1.00. The Morgan fingerprint density at radius 2 is 0.482 bits per heavy atom. The molecule has 0 fully saturated rings. The molecule has 0 aromatic carbocycles. The van der Waals surface area contributed by atoms with Crippen LogP contribution >= 0.6 is 7.26 Å². The van der Waals surface area contributed by atoms with Crippen LogP contribution in [0.2, 0.25) is 0 Å². The molecule has 0 aliphatic heterocycles. The van der Waals surface area contributed by atoms with Crippen LogP contribution in [-0.4, -0.2) is 42.4 Å². The summed E-state index contributed by atoms with van der Waals surface area (Å²) < 4.78 is 33.5. The molecule has 5 heteroatoms. The van der Waals surface area contributed by atoms with Crippen LogP contribution in [0.15, 0.2) is 0 Å². The van der Waals surface area contributed by atoms with Crippen molar-refractivity contribution in [2.24, 2.45) is 0 Å². The third-order valence-electron chi connectivity index (χ3n) is 13.2. The van der Waals surface area contributed by atoms with Crippen LogP contribution in [0.5, 0.6) is 0 Å². The van der Waals surface area contributed by atoms with Gasteiger partial charge in [0.1, 0.15) is 0 Å². The van der Waals surface area contributed by atoms with E-state index >= 15 is 0 Å². The molecule has 0 spiro atoms. The summed E-state index contributed by atoms with van der Waals surface area (Å²) in [5.74, 6) is 0. The van der Waals surface area contributed by atoms with Gasteiger partial charge in [-0.2, -0.15) is 8.42 Å². The molecule has 3 nitrogen and oxygen atoms in total. The summed E-state index contributed by atoms with van der Waals surface area (Å²) in [6.07, 6.45) is 57.0. The van der Waals surface area contributed by atoms with E-state index in [9.17, 15) is 13.0 Å². The zero-order valence-corrected chi connectivity index (χ0v) is 41.9. The van der Waals surface area contributed by atoms with E-state index in [1.165, 1.54) is 128 Å². The summed E-state index contributed by atoms with van der Waals surface area (Å²) in [6, 6.07) is 0. The first-order valence-corrected chi connectivity index (χ1v) is 30.4. The Labute approximate surface area is 357 Å². The molecule has 0 saturated carbocycles. The molecule has 56 heavy (non-hydrogen) atoms. The van der Waals surface area contributed by atoms with E-state index in [0.29, 0.717) is 19.3 Å². The Balaban J connectivity index is 0. The zero-order chi connectivity index (χ0) is 41.9. The molecule has 0 heterocycles. The Bertz CT molecular complexity index is 797. The Kier molecular flexibility index (Phi) is 45.3. The third-order valence-corrected chi connectivity index (χ3v) is 20.6. The Hall–Kier alpha value is 0.340. The van der Waals surface area contributed by atoms with Crippen molar-refractivity contribution in [1.82, 2.24) is 0 Å². The molecule has 0 amide bonds. The maximum absolute atomic E-state index is 12.2. The van der Waals surface area contributed by atoms with E-state index in [2.05, 4.69) is 48.5 Å². The van der Waals surface area contributed by atoms with Crippen LogP contribution in [0.25, 0.3) is 0 Å². The maximum atomic E-state index is 12.2. The molecule has 0 unspecified atom stereocenters. The van der Waals surface area contributed by atoms with Gasteiger partial charge in [0.2, 0.25) is 0 Å². The number of rotatable bonds is 44. The van der Waals surface area contributed by atoms with Crippen LogP contribution in [0, 0.1) is 0 Å². The van der Waals surface area contributed by atoms with Crippen molar-refractivity contribution < 1.29 is 13.0 Å². The normalized spacial score (nSPS) is 12.6. The second kappa shape index (κ2) is 43.4. The van der Waals surface area contributed by atoms with Gasteiger partial charge in [-0.1, -0.05) is 111 Å². The van der Waals surface area contributed by atoms with Crippen molar-refractivity contribution in [3.63, 3.8) is 0 Å². The van der Waals surface area contributed by atoms with E-state index in [0.717, 1.165) is 77.0 Å². The topological polar surface area (TPSA) is 54.4 Å². The summed E-state index contributed by atoms with van der Waals surface area (Å²) in [5.41, 5.74) is 0. The van der Waals surface area contributed by atoms with Crippen LogP contribution in [0.4, 0.5) is 0 Å². The van der Waals surface area contributed by atoms with Crippen molar-refractivity contribution in [2.45, 2.75) is 304 Å². The van der Waals surface area contributed by atoms with Crippen molar-refractivity contribution >= 4 is 17.4 Å². The average molecular weight is 833 g/mol. The van der Waals surface area contributed by atoms with Crippen molar-refractivity contribution in [1.29, 1.82) is 0 Å². The van der Waals surface area contributed by atoms with Crippen molar-refractivity contribution in [2.75, 3.05) is 24.6 Å². The van der Waals surface area contributed by atoms with Gasteiger partial charge in [0, 0.05) is 0 Å². The van der Waals surface area contributed by atoms with Crippen molar-refractivity contribution in [3.05, 3.63) is 0 Å². The first kappa shape index (κ1) is 58.4. The second-order valence-electron chi connectivity index (χ2n) is 18.7.